The lowest BCUT2D eigenvalue weighted by atomic mass is 10.0. The molecule has 2 rings (SSSR count). The van der Waals surface area contributed by atoms with Crippen LogP contribution in [0.15, 0.2) is 24.4 Å². The monoisotopic (exact) mass is 246 g/mol. The van der Waals surface area contributed by atoms with E-state index in [9.17, 15) is 0 Å². The van der Waals surface area contributed by atoms with Gasteiger partial charge < -0.3 is 10.5 Å². The van der Waals surface area contributed by atoms with Crippen LogP contribution in [-0.2, 0) is 6.54 Å². The topological polar surface area (TPSA) is 66.0 Å². The number of aryl methyl sites for hydroxylation is 2. The van der Waals surface area contributed by atoms with Gasteiger partial charge in [-0.2, -0.15) is 0 Å². The largest absolute Gasteiger partial charge is 0.496 e. The quantitative estimate of drug-likeness (QED) is 0.891. The molecule has 0 aliphatic heterocycles. The van der Waals surface area contributed by atoms with Crippen molar-refractivity contribution in [3.63, 3.8) is 0 Å². The zero-order valence-corrected chi connectivity index (χ0v) is 10.9. The van der Waals surface area contributed by atoms with Crippen molar-refractivity contribution < 1.29 is 4.74 Å². The Balaban J connectivity index is 2.45. The molecule has 1 aromatic carbocycles. The molecule has 0 amide bonds. The summed E-state index contributed by atoms with van der Waals surface area (Å²) in [5.74, 6) is 0.789. The van der Waals surface area contributed by atoms with Crippen molar-refractivity contribution in [2.24, 2.45) is 5.73 Å². The van der Waals surface area contributed by atoms with E-state index in [1.165, 1.54) is 0 Å². The number of aromatic nitrogens is 3. The normalized spacial score (nSPS) is 12.4. The van der Waals surface area contributed by atoms with Crippen LogP contribution in [0.4, 0.5) is 0 Å². The molecule has 18 heavy (non-hydrogen) atoms. The third-order valence-electron chi connectivity index (χ3n) is 2.99. The molecule has 1 heterocycles. The molecule has 5 heteroatoms. The zero-order valence-electron chi connectivity index (χ0n) is 10.9. The van der Waals surface area contributed by atoms with Crippen molar-refractivity contribution in [1.82, 2.24) is 15.0 Å². The zero-order chi connectivity index (χ0) is 13.1. The van der Waals surface area contributed by atoms with Crippen molar-refractivity contribution in [2.45, 2.75) is 26.4 Å². The van der Waals surface area contributed by atoms with Crippen LogP contribution < -0.4 is 10.5 Å². The summed E-state index contributed by atoms with van der Waals surface area (Å²) in [6, 6.07) is 5.70. The average molecular weight is 246 g/mol. The molecule has 2 aromatic rings. The summed E-state index contributed by atoms with van der Waals surface area (Å²) < 4.78 is 7.16. The van der Waals surface area contributed by atoms with E-state index in [0.717, 1.165) is 29.1 Å². The molecule has 0 radical (unpaired) electrons. The van der Waals surface area contributed by atoms with E-state index < -0.39 is 0 Å². The summed E-state index contributed by atoms with van der Waals surface area (Å²) in [6.07, 6.45) is 1.70. The maximum atomic E-state index is 6.30. The number of methoxy groups -OCH3 is 1. The summed E-state index contributed by atoms with van der Waals surface area (Å²) in [5, 5.41) is 7.91. The van der Waals surface area contributed by atoms with Crippen LogP contribution in [0.1, 0.15) is 29.8 Å². The molecule has 0 fully saturated rings. The van der Waals surface area contributed by atoms with E-state index in [1.54, 1.807) is 18.0 Å². The number of nitrogens with zero attached hydrogens (tertiary/aromatic N) is 3. The van der Waals surface area contributed by atoms with Crippen LogP contribution in [0, 0.1) is 6.92 Å². The van der Waals surface area contributed by atoms with Crippen molar-refractivity contribution in [2.75, 3.05) is 7.11 Å². The number of hydrogen-bond donors (Lipinski definition) is 1. The summed E-state index contributed by atoms with van der Waals surface area (Å²) in [5.41, 5.74) is 9.29. The highest BCUT2D eigenvalue weighted by Gasteiger charge is 2.18. The molecular formula is C13H18N4O. The molecule has 0 bridgehead atoms. The molecule has 1 unspecified atom stereocenters. The third kappa shape index (κ3) is 2.22. The summed E-state index contributed by atoms with van der Waals surface area (Å²) in [6.45, 7) is 4.79. The van der Waals surface area contributed by atoms with E-state index in [-0.39, 0.29) is 6.04 Å². The molecule has 96 valence electrons. The second kappa shape index (κ2) is 5.18. The van der Waals surface area contributed by atoms with Crippen molar-refractivity contribution in [3.05, 3.63) is 41.2 Å². The predicted octanol–water partition coefficient (Wildman–Crippen LogP) is 1.66. The van der Waals surface area contributed by atoms with E-state index in [2.05, 4.69) is 10.3 Å². The first kappa shape index (κ1) is 12.6. The Hall–Kier alpha value is -1.88. The molecule has 0 saturated carbocycles. The fraction of sp³-hybridized carbons (Fsp3) is 0.385. The minimum atomic E-state index is -0.283. The summed E-state index contributed by atoms with van der Waals surface area (Å²) in [4.78, 5) is 0. The molecule has 0 spiro atoms. The molecule has 2 N–H and O–H groups in total. The number of rotatable bonds is 4. The Kier molecular flexibility index (Phi) is 3.62. The maximum absolute atomic E-state index is 6.30. The molecule has 0 saturated heterocycles. The Morgan fingerprint density at radius 1 is 1.44 bits per heavy atom. The van der Waals surface area contributed by atoms with Crippen LogP contribution in [0.3, 0.4) is 0 Å². The van der Waals surface area contributed by atoms with Crippen LogP contribution in [0.5, 0.6) is 5.75 Å². The Labute approximate surface area is 107 Å². The van der Waals surface area contributed by atoms with Gasteiger partial charge >= 0.3 is 0 Å². The fourth-order valence-corrected chi connectivity index (χ4v) is 2.01. The van der Waals surface area contributed by atoms with Crippen LogP contribution in [0.25, 0.3) is 0 Å². The summed E-state index contributed by atoms with van der Waals surface area (Å²) >= 11 is 0. The number of hydrogen-bond acceptors (Lipinski definition) is 4. The Bertz CT molecular complexity index is 536. The van der Waals surface area contributed by atoms with Gasteiger partial charge in [0.05, 0.1) is 25.0 Å². The smallest absolute Gasteiger partial charge is 0.124 e. The fourth-order valence-electron chi connectivity index (χ4n) is 2.01. The van der Waals surface area contributed by atoms with Gasteiger partial charge in [0.15, 0.2) is 0 Å². The first-order chi connectivity index (χ1) is 8.67. The van der Waals surface area contributed by atoms with E-state index in [0.29, 0.717) is 0 Å². The first-order valence-electron chi connectivity index (χ1n) is 5.95. The third-order valence-corrected chi connectivity index (χ3v) is 2.99. The second-order valence-corrected chi connectivity index (χ2v) is 4.20. The molecule has 0 aliphatic carbocycles. The highest BCUT2D eigenvalue weighted by atomic mass is 16.5. The van der Waals surface area contributed by atoms with Gasteiger partial charge in [0.2, 0.25) is 0 Å². The number of benzene rings is 1. The lowest BCUT2D eigenvalue weighted by Crippen LogP contribution is -2.18. The predicted molar refractivity (Wildman–Crippen MR) is 69.5 cm³/mol. The highest BCUT2D eigenvalue weighted by Crippen LogP contribution is 2.28. The van der Waals surface area contributed by atoms with Crippen LogP contribution in [-0.4, -0.2) is 22.1 Å². The van der Waals surface area contributed by atoms with Gasteiger partial charge in [0.1, 0.15) is 5.75 Å². The van der Waals surface area contributed by atoms with E-state index in [4.69, 9.17) is 10.5 Å². The molecule has 0 aliphatic rings. The summed E-state index contributed by atoms with van der Waals surface area (Å²) in [7, 11) is 1.65. The van der Waals surface area contributed by atoms with Crippen molar-refractivity contribution >= 4 is 0 Å². The van der Waals surface area contributed by atoms with Crippen LogP contribution in [0.2, 0.25) is 0 Å². The van der Waals surface area contributed by atoms with Gasteiger partial charge in [-0.25, -0.2) is 4.68 Å². The van der Waals surface area contributed by atoms with Gasteiger partial charge in [-0.15, -0.1) is 5.10 Å². The Morgan fingerprint density at radius 3 is 2.89 bits per heavy atom. The number of nitrogens with two attached hydrogens (primary N) is 1. The van der Waals surface area contributed by atoms with E-state index in [1.807, 2.05) is 32.0 Å². The first-order valence-corrected chi connectivity index (χ1v) is 5.95. The maximum Gasteiger partial charge on any atom is 0.124 e. The van der Waals surface area contributed by atoms with Gasteiger partial charge in [0.25, 0.3) is 0 Å². The average Bonchev–Trinajstić information content (AvgIpc) is 2.86. The molecule has 1 aromatic heterocycles. The minimum absolute atomic E-state index is 0.283. The van der Waals surface area contributed by atoms with Gasteiger partial charge in [-0.05, 0) is 19.9 Å². The lowest BCUT2D eigenvalue weighted by Gasteiger charge is -2.16. The van der Waals surface area contributed by atoms with Crippen LogP contribution >= 0.6 is 0 Å². The van der Waals surface area contributed by atoms with Gasteiger partial charge in [-0.1, -0.05) is 22.9 Å². The Morgan fingerprint density at radius 2 is 2.22 bits per heavy atom. The minimum Gasteiger partial charge on any atom is -0.496 e. The second-order valence-electron chi connectivity index (χ2n) is 4.20. The van der Waals surface area contributed by atoms with Crippen molar-refractivity contribution in [3.8, 4) is 5.75 Å². The SMILES string of the molecule is CCn1nncc1C(N)c1cc(C)ccc1OC. The standard InChI is InChI=1S/C13H18N4O/c1-4-17-11(8-15-16-17)13(14)10-7-9(2)5-6-12(10)18-3/h5-8,13H,4,14H2,1-3H3. The molecular weight excluding hydrogens is 228 g/mol. The van der Waals surface area contributed by atoms with E-state index >= 15 is 0 Å². The van der Waals surface area contributed by atoms with Gasteiger partial charge in [0, 0.05) is 12.1 Å². The lowest BCUT2D eigenvalue weighted by molar-refractivity contribution is 0.406. The highest BCUT2D eigenvalue weighted by molar-refractivity contribution is 5.41. The molecule has 5 nitrogen and oxygen atoms in total. The van der Waals surface area contributed by atoms with Gasteiger partial charge in [-0.3, -0.25) is 0 Å². The number of ether oxygens (including phenoxy) is 1. The molecule has 1 atom stereocenters. The van der Waals surface area contributed by atoms with Crippen molar-refractivity contribution in [1.29, 1.82) is 0 Å².